The second-order valence-corrected chi connectivity index (χ2v) is 7.68. The van der Waals surface area contributed by atoms with Crippen molar-refractivity contribution in [1.29, 1.82) is 0 Å². The van der Waals surface area contributed by atoms with Crippen LogP contribution in [-0.4, -0.2) is 29.8 Å². The normalized spacial score (nSPS) is 10.8. The van der Waals surface area contributed by atoms with Gasteiger partial charge in [-0.25, -0.2) is 5.43 Å². The number of methoxy groups -OCH3 is 1. The van der Waals surface area contributed by atoms with Gasteiger partial charge in [-0.1, -0.05) is 18.2 Å². The molecule has 8 heteroatoms. The topological polar surface area (TPSA) is 84.7 Å². The quantitative estimate of drug-likeness (QED) is 0.297. The highest BCUT2D eigenvalue weighted by Gasteiger charge is 2.12. The van der Waals surface area contributed by atoms with Gasteiger partial charge in [0.15, 0.2) is 0 Å². The zero-order valence-electron chi connectivity index (χ0n) is 16.8. The van der Waals surface area contributed by atoms with E-state index in [1.54, 1.807) is 48.3 Å². The summed E-state index contributed by atoms with van der Waals surface area (Å²) in [5.41, 5.74) is 8.82. The van der Waals surface area contributed by atoms with Gasteiger partial charge in [0.1, 0.15) is 5.75 Å². The van der Waals surface area contributed by atoms with Crippen molar-refractivity contribution in [2.45, 2.75) is 13.8 Å². The predicted molar refractivity (Wildman–Crippen MR) is 125 cm³/mol. The minimum absolute atomic E-state index is 0.207. The number of hydrazone groups is 1. The highest BCUT2D eigenvalue weighted by molar-refractivity contribution is 14.1. The summed E-state index contributed by atoms with van der Waals surface area (Å²) < 4.78 is 7.86. The molecule has 0 saturated heterocycles. The lowest BCUT2D eigenvalue weighted by molar-refractivity contribution is 0.0953. The molecule has 2 amide bonds. The zero-order valence-corrected chi connectivity index (χ0v) is 18.9. The fourth-order valence-electron chi connectivity index (χ4n) is 2.87. The van der Waals surface area contributed by atoms with E-state index in [4.69, 9.17) is 4.74 Å². The summed E-state index contributed by atoms with van der Waals surface area (Å²) in [6, 6.07) is 16.0. The number of nitrogens with zero attached hydrogens (tertiary/aromatic N) is 2. The smallest absolute Gasteiger partial charge is 0.271 e. The lowest BCUT2D eigenvalue weighted by Gasteiger charge is -2.11. The van der Waals surface area contributed by atoms with E-state index in [0.717, 1.165) is 20.5 Å². The molecular formula is C22H21IN4O3. The first-order valence-corrected chi connectivity index (χ1v) is 10.2. The molecule has 1 heterocycles. The molecule has 1 aromatic heterocycles. The molecule has 2 N–H and O–H groups in total. The maximum Gasteiger partial charge on any atom is 0.271 e. The predicted octanol–water partition coefficient (Wildman–Crippen LogP) is 3.87. The molecule has 0 unspecified atom stereocenters. The van der Waals surface area contributed by atoms with Crippen LogP contribution < -0.4 is 15.6 Å². The van der Waals surface area contributed by atoms with Crippen molar-refractivity contribution in [2.24, 2.45) is 5.10 Å². The Morgan fingerprint density at radius 3 is 2.47 bits per heavy atom. The van der Waals surface area contributed by atoms with Gasteiger partial charge in [-0.2, -0.15) is 5.10 Å². The standard InChI is InChI=1S/C22H21IN4O3/c1-14-11-18(15(2)27(14)26-22(29)16-7-5-4-6-8-16)13-24-25-21(28)17-9-10-19(23)20(12-17)30-3/h4-13H,1-3H3,(H,25,28)(H,26,29)/b24-13+. The van der Waals surface area contributed by atoms with Crippen LogP contribution in [-0.2, 0) is 0 Å². The van der Waals surface area contributed by atoms with Crippen LogP contribution in [0.2, 0.25) is 0 Å². The van der Waals surface area contributed by atoms with Crippen LogP contribution in [0.5, 0.6) is 5.75 Å². The number of halogens is 1. The minimum Gasteiger partial charge on any atom is -0.496 e. The SMILES string of the molecule is COc1cc(C(=O)N/N=C/c2cc(C)n(NC(=O)c3ccccc3)c2C)ccc1I. The summed E-state index contributed by atoms with van der Waals surface area (Å²) in [7, 11) is 1.56. The van der Waals surface area contributed by atoms with Crippen LogP contribution >= 0.6 is 22.6 Å². The van der Waals surface area contributed by atoms with Gasteiger partial charge < -0.3 is 4.74 Å². The molecule has 3 rings (SSSR count). The fourth-order valence-corrected chi connectivity index (χ4v) is 3.43. The van der Waals surface area contributed by atoms with Crippen LogP contribution in [0.3, 0.4) is 0 Å². The van der Waals surface area contributed by atoms with Gasteiger partial charge in [0.25, 0.3) is 11.8 Å². The summed E-state index contributed by atoms with van der Waals surface area (Å²) in [6.07, 6.45) is 1.55. The molecule has 0 aliphatic carbocycles. The Labute approximate surface area is 188 Å². The number of aromatic nitrogens is 1. The summed E-state index contributed by atoms with van der Waals surface area (Å²) in [5, 5.41) is 4.06. The number of aryl methyl sites for hydroxylation is 1. The van der Waals surface area contributed by atoms with Gasteiger partial charge in [-0.3, -0.25) is 19.7 Å². The van der Waals surface area contributed by atoms with Crippen LogP contribution in [0.1, 0.15) is 37.7 Å². The lowest BCUT2D eigenvalue weighted by Crippen LogP contribution is -2.24. The third-order valence-electron chi connectivity index (χ3n) is 4.50. The van der Waals surface area contributed by atoms with E-state index >= 15 is 0 Å². The Morgan fingerprint density at radius 1 is 1.03 bits per heavy atom. The van der Waals surface area contributed by atoms with Crippen molar-refractivity contribution in [3.8, 4) is 5.75 Å². The van der Waals surface area contributed by atoms with Crippen LogP contribution in [0.25, 0.3) is 0 Å². The summed E-state index contributed by atoms with van der Waals surface area (Å²) in [5.74, 6) is 0.0823. The van der Waals surface area contributed by atoms with Gasteiger partial charge in [-0.05, 0) is 72.8 Å². The Hall–Kier alpha value is -3.14. The van der Waals surface area contributed by atoms with Crippen molar-refractivity contribution in [3.63, 3.8) is 0 Å². The molecule has 0 bridgehead atoms. The van der Waals surface area contributed by atoms with Crippen molar-refractivity contribution in [1.82, 2.24) is 10.1 Å². The van der Waals surface area contributed by atoms with E-state index in [0.29, 0.717) is 16.9 Å². The highest BCUT2D eigenvalue weighted by atomic mass is 127. The van der Waals surface area contributed by atoms with Crippen LogP contribution in [0.15, 0.2) is 59.7 Å². The Morgan fingerprint density at radius 2 is 1.77 bits per heavy atom. The molecular weight excluding hydrogens is 495 g/mol. The Bertz CT molecular complexity index is 1110. The number of amides is 2. The minimum atomic E-state index is -0.341. The van der Waals surface area contributed by atoms with E-state index in [-0.39, 0.29) is 11.8 Å². The van der Waals surface area contributed by atoms with E-state index in [9.17, 15) is 9.59 Å². The molecule has 0 atom stereocenters. The molecule has 2 aromatic carbocycles. The Kier molecular flexibility index (Phi) is 6.88. The number of ether oxygens (including phenoxy) is 1. The average molecular weight is 516 g/mol. The lowest BCUT2D eigenvalue weighted by atomic mass is 10.2. The van der Waals surface area contributed by atoms with Gasteiger partial charge in [0.2, 0.25) is 0 Å². The van der Waals surface area contributed by atoms with Crippen molar-refractivity contribution in [3.05, 3.63) is 86.2 Å². The number of hydrogen-bond acceptors (Lipinski definition) is 4. The molecule has 154 valence electrons. The largest absolute Gasteiger partial charge is 0.496 e. The van der Waals surface area contributed by atoms with E-state index < -0.39 is 0 Å². The molecule has 0 aliphatic rings. The molecule has 0 radical (unpaired) electrons. The van der Waals surface area contributed by atoms with Crippen molar-refractivity contribution in [2.75, 3.05) is 12.5 Å². The summed E-state index contributed by atoms with van der Waals surface area (Å²) in [6.45, 7) is 3.75. The van der Waals surface area contributed by atoms with Gasteiger partial charge in [-0.15, -0.1) is 0 Å². The van der Waals surface area contributed by atoms with Gasteiger partial charge in [0, 0.05) is 28.1 Å². The first kappa shape index (κ1) is 21.6. The number of benzene rings is 2. The third-order valence-corrected chi connectivity index (χ3v) is 5.39. The summed E-state index contributed by atoms with van der Waals surface area (Å²) in [4.78, 5) is 24.8. The second kappa shape index (κ2) is 9.57. The number of rotatable bonds is 6. The number of carbonyl (C=O) groups excluding carboxylic acids is 2. The van der Waals surface area contributed by atoms with Crippen molar-refractivity contribution < 1.29 is 14.3 Å². The maximum absolute atomic E-state index is 12.4. The van der Waals surface area contributed by atoms with Crippen molar-refractivity contribution >= 4 is 40.6 Å². The van der Waals surface area contributed by atoms with Crippen LogP contribution in [0, 0.1) is 17.4 Å². The monoisotopic (exact) mass is 516 g/mol. The third kappa shape index (κ3) is 4.88. The zero-order chi connectivity index (χ0) is 21.7. The fraction of sp³-hybridized carbons (Fsp3) is 0.136. The summed E-state index contributed by atoms with van der Waals surface area (Å²) >= 11 is 2.14. The second-order valence-electron chi connectivity index (χ2n) is 6.52. The molecule has 7 nitrogen and oxygen atoms in total. The van der Waals surface area contributed by atoms with Crippen LogP contribution in [0.4, 0.5) is 0 Å². The number of carbonyl (C=O) groups is 2. The molecule has 30 heavy (non-hydrogen) atoms. The van der Waals surface area contributed by atoms with E-state index in [2.05, 4.69) is 38.5 Å². The Balaban J connectivity index is 1.70. The molecule has 0 saturated carbocycles. The molecule has 0 fully saturated rings. The first-order valence-electron chi connectivity index (χ1n) is 9.13. The van der Waals surface area contributed by atoms with Gasteiger partial charge in [0.05, 0.1) is 16.9 Å². The molecule has 0 spiro atoms. The molecule has 3 aromatic rings. The average Bonchev–Trinajstić information content (AvgIpc) is 3.02. The molecule has 0 aliphatic heterocycles. The van der Waals surface area contributed by atoms with E-state index in [1.807, 2.05) is 38.1 Å². The van der Waals surface area contributed by atoms with E-state index in [1.165, 1.54) is 0 Å². The number of hydrogen-bond donors (Lipinski definition) is 2. The van der Waals surface area contributed by atoms with Gasteiger partial charge >= 0.3 is 0 Å². The highest BCUT2D eigenvalue weighted by Crippen LogP contribution is 2.21. The maximum atomic E-state index is 12.4. The first-order chi connectivity index (χ1) is 14.4. The number of nitrogens with one attached hydrogen (secondary N) is 2.